The highest BCUT2D eigenvalue weighted by Crippen LogP contribution is 2.48. The van der Waals surface area contributed by atoms with E-state index in [1.165, 1.54) is 37.8 Å². The Labute approximate surface area is 266 Å². The maximum atomic E-state index is 15.2. The van der Waals surface area contributed by atoms with Crippen molar-refractivity contribution >= 4 is 34.1 Å². The number of hydrogen-bond donors (Lipinski definition) is 3. The van der Waals surface area contributed by atoms with Crippen molar-refractivity contribution in [3.8, 4) is 23.0 Å². The Morgan fingerprint density at radius 2 is 1.65 bits per heavy atom. The highest BCUT2D eigenvalue weighted by Gasteiger charge is 2.56. The minimum atomic E-state index is -1.22. The lowest BCUT2D eigenvalue weighted by atomic mass is 10.0. The summed E-state index contributed by atoms with van der Waals surface area (Å²) in [7, 11) is 1.59. The third-order valence-corrected chi connectivity index (χ3v) is 9.28. The molecule has 3 aliphatic rings. The Hall–Kier alpha value is -4.70. The summed E-state index contributed by atoms with van der Waals surface area (Å²) >= 11 is 0. The fourth-order valence-electron chi connectivity index (χ4n) is 6.17. The monoisotopic (exact) mass is 624 g/mol. The predicted molar refractivity (Wildman–Crippen MR) is 173 cm³/mol. The summed E-state index contributed by atoms with van der Waals surface area (Å²) in [6.07, 6.45) is 9.62. The highest BCUT2D eigenvalue weighted by molar-refractivity contribution is 6.17. The molecule has 3 fully saturated rings. The molecular weight excluding hydrogens is 587 g/mol. The average Bonchev–Trinajstić information content (AvgIpc) is 3.98. The SMILES string of the molecule is COc1cc2c(Oc3ccc(NC(=O)C4(C(=O)Nc5ccccc5)CC4)c(F)c3)ccnc2cc1OCC1(NC2CCCC2)CC1. The first-order chi connectivity index (χ1) is 22.4. The number of fused-ring (bicyclic) bond motifs is 1. The number of benzene rings is 3. The largest absolute Gasteiger partial charge is 0.493 e. The third kappa shape index (κ3) is 6.22. The number of nitrogens with one attached hydrogen (secondary N) is 3. The molecule has 0 atom stereocenters. The van der Waals surface area contributed by atoms with Crippen LogP contribution in [0.2, 0.25) is 0 Å². The zero-order valence-electron chi connectivity index (χ0n) is 25.7. The van der Waals surface area contributed by atoms with Crippen molar-refractivity contribution in [1.82, 2.24) is 10.3 Å². The number of halogens is 1. The molecule has 3 N–H and O–H groups in total. The molecule has 3 saturated carbocycles. The van der Waals surface area contributed by atoms with Crippen LogP contribution in [0.5, 0.6) is 23.0 Å². The number of para-hydroxylation sites is 1. The van der Waals surface area contributed by atoms with Gasteiger partial charge in [0.1, 0.15) is 29.3 Å². The Morgan fingerprint density at radius 1 is 0.891 bits per heavy atom. The molecule has 0 unspecified atom stereocenters. The molecule has 238 valence electrons. The van der Waals surface area contributed by atoms with Gasteiger partial charge in [-0.3, -0.25) is 14.6 Å². The summed E-state index contributed by atoms with van der Waals surface area (Å²) in [4.78, 5) is 30.5. The number of ether oxygens (including phenoxy) is 3. The molecule has 0 bridgehead atoms. The third-order valence-electron chi connectivity index (χ3n) is 9.28. The number of rotatable bonds is 12. The topological polar surface area (TPSA) is 111 Å². The Kier molecular flexibility index (Phi) is 7.98. The fraction of sp³-hybridized carbons (Fsp3) is 0.361. The zero-order valence-corrected chi connectivity index (χ0v) is 25.7. The van der Waals surface area contributed by atoms with Gasteiger partial charge in [0.05, 0.1) is 23.9 Å². The number of carbonyl (C=O) groups is 2. The Balaban J connectivity index is 1.03. The molecule has 46 heavy (non-hydrogen) atoms. The standard InChI is InChI=1S/C36H37FN4O5/c1-44-31-20-26-29(21-32(31)45-22-35(14-15-35)41-24-9-5-6-10-24)38-18-13-30(26)46-25-11-12-28(27(37)19-25)40-34(43)36(16-17-36)33(42)39-23-7-3-2-4-8-23/h2-4,7-8,11-13,18-21,24,41H,5-6,9-10,14-17,22H2,1H3,(H,39,42)(H,40,43). The van der Waals surface area contributed by atoms with Crippen LogP contribution in [0.4, 0.5) is 15.8 Å². The van der Waals surface area contributed by atoms with Crippen molar-refractivity contribution in [3.05, 3.63) is 78.7 Å². The second-order valence-electron chi connectivity index (χ2n) is 12.6. The van der Waals surface area contributed by atoms with Crippen LogP contribution < -0.4 is 30.2 Å². The number of pyridine rings is 1. The molecule has 1 aromatic heterocycles. The van der Waals surface area contributed by atoms with Crippen molar-refractivity contribution in [1.29, 1.82) is 0 Å². The Morgan fingerprint density at radius 3 is 2.35 bits per heavy atom. The van der Waals surface area contributed by atoms with Gasteiger partial charge in [0.2, 0.25) is 11.8 Å². The van der Waals surface area contributed by atoms with E-state index in [2.05, 4.69) is 20.9 Å². The van der Waals surface area contributed by atoms with Gasteiger partial charge >= 0.3 is 0 Å². The molecule has 3 aromatic carbocycles. The van der Waals surface area contributed by atoms with Crippen molar-refractivity contribution in [2.75, 3.05) is 24.4 Å². The van der Waals surface area contributed by atoms with Crippen LogP contribution in [0.25, 0.3) is 10.9 Å². The van der Waals surface area contributed by atoms with Gasteiger partial charge in [0.15, 0.2) is 11.5 Å². The molecule has 7 rings (SSSR count). The van der Waals surface area contributed by atoms with E-state index in [1.54, 1.807) is 49.7 Å². The first kappa shape index (κ1) is 30.0. The van der Waals surface area contributed by atoms with E-state index in [0.29, 0.717) is 59.3 Å². The molecule has 0 spiro atoms. The number of methoxy groups -OCH3 is 1. The number of amides is 2. The van der Waals surface area contributed by atoms with Gasteiger partial charge in [-0.1, -0.05) is 31.0 Å². The predicted octanol–water partition coefficient (Wildman–Crippen LogP) is 6.98. The molecule has 0 aliphatic heterocycles. The molecule has 1 heterocycles. The summed E-state index contributed by atoms with van der Waals surface area (Å²) in [5.41, 5.74) is 0.0185. The lowest BCUT2D eigenvalue weighted by Gasteiger charge is -2.23. The van der Waals surface area contributed by atoms with Crippen LogP contribution in [0, 0.1) is 11.2 Å². The van der Waals surface area contributed by atoms with Crippen molar-refractivity contribution in [2.45, 2.75) is 62.9 Å². The summed E-state index contributed by atoms with van der Waals surface area (Å²) in [5.74, 6) is 0.226. The number of hydrogen-bond acceptors (Lipinski definition) is 7. The summed E-state index contributed by atoms with van der Waals surface area (Å²) < 4.78 is 33.3. The van der Waals surface area contributed by atoms with Crippen LogP contribution in [0.3, 0.4) is 0 Å². The maximum absolute atomic E-state index is 15.2. The molecule has 0 saturated heterocycles. The van der Waals surface area contributed by atoms with Crippen LogP contribution in [-0.2, 0) is 9.59 Å². The number of anilines is 2. The van der Waals surface area contributed by atoms with E-state index in [1.807, 2.05) is 18.2 Å². The quantitative estimate of drug-likeness (QED) is 0.146. The van der Waals surface area contributed by atoms with E-state index in [-0.39, 0.29) is 17.0 Å². The van der Waals surface area contributed by atoms with Gasteiger partial charge in [-0.2, -0.15) is 0 Å². The van der Waals surface area contributed by atoms with E-state index in [9.17, 15) is 9.59 Å². The van der Waals surface area contributed by atoms with Crippen molar-refractivity contribution in [3.63, 3.8) is 0 Å². The van der Waals surface area contributed by atoms with Gasteiger partial charge in [-0.15, -0.1) is 0 Å². The molecule has 2 amide bonds. The summed E-state index contributed by atoms with van der Waals surface area (Å²) in [5, 5.41) is 9.87. The number of nitrogens with zero attached hydrogens (tertiary/aromatic N) is 1. The lowest BCUT2D eigenvalue weighted by Crippen LogP contribution is -2.42. The van der Waals surface area contributed by atoms with E-state index in [0.717, 1.165) is 12.8 Å². The van der Waals surface area contributed by atoms with E-state index in [4.69, 9.17) is 14.2 Å². The molecule has 3 aliphatic carbocycles. The van der Waals surface area contributed by atoms with E-state index < -0.39 is 23.0 Å². The van der Waals surface area contributed by atoms with Crippen LogP contribution in [-0.4, -0.2) is 42.1 Å². The average molecular weight is 625 g/mol. The van der Waals surface area contributed by atoms with Gasteiger partial charge in [-0.25, -0.2) is 4.39 Å². The molecule has 10 heteroatoms. The minimum Gasteiger partial charge on any atom is -0.493 e. The van der Waals surface area contributed by atoms with Crippen LogP contribution in [0.15, 0.2) is 72.9 Å². The first-order valence-electron chi connectivity index (χ1n) is 15.9. The number of aromatic nitrogens is 1. The van der Waals surface area contributed by atoms with Gasteiger partial charge in [0, 0.05) is 35.4 Å². The Bertz CT molecular complexity index is 1770. The van der Waals surface area contributed by atoms with Gasteiger partial charge in [0.25, 0.3) is 0 Å². The van der Waals surface area contributed by atoms with Crippen LogP contribution in [0.1, 0.15) is 51.4 Å². The smallest absolute Gasteiger partial charge is 0.240 e. The lowest BCUT2D eigenvalue weighted by molar-refractivity contribution is -0.131. The molecule has 9 nitrogen and oxygen atoms in total. The normalized spacial score (nSPS) is 17.7. The second kappa shape index (κ2) is 12.2. The summed E-state index contributed by atoms with van der Waals surface area (Å²) in [6, 6.07) is 19.0. The van der Waals surface area contributed by atoms with Gasteiger partial charge < -0.3 is 30.2 Å². The summed E-state index contributed by atoms with van der Waals surface area (Å²) in [6.45, 7) is 0.558. The highest BCUT2D eigenvalue weighted by atomic mass is 19.1. The zero-order chi connectivity index (χ0) is 31.7. The van der Waals surface area contributed by atoms with Gasteiger partial charge in [-0.05, 0) is 74.9 Å². The van der Waals surface area contributed by atoms with Crippen LogP contribution >= 0.6 is 0 Å². The minimum absolute atomic E-state index is 0.0247. The number of carbonyl (C=O) groups excluding carboxylic acids is 2. The van der Waals surface area contributed by atoms with Crippen molar-refractivity contribution < 1.29 is 28.2 Å². The molecular formula is C36H37FN4O5. The second-order valence-corrected chi connectivity index (χ2v) is 12.6. The van der Waals surface area contributed by atoms with E-state index >= 15 is 4.39 Å². The fourth-order valence-corrected chi connectivity index (χ4v) is 6.17. The first-order valence-corrected chi connectivity index (χ1v) is 15.9. The molecule has 4 aromatic rings. The van der Waals surface area contributed by atoms with Crippen molar-refractivity contribution in [2.24, 2.45) is 5.41 Å². The molecule has 0 radical (unpaired) electrons. The maximum Gasteiger partial charge on any atom is 0.240 e.